The summed E-state index contributed by atoms with van der Waals surface area (Å²) in [6.45, 7) is 1.54. The first kappa shape index (κ1) is 22.0. The molecule has 1 saturated heterocycles. The Bertz CT molecular complexity index is 1230. The smallest absolute Gasteiger partial charge is 0.272 e. The molecule has 1 aromatic heterocycles. The molecule has 172 valence electrons. The number of hydrogen-bond acceptors (Lipinski definition) is 3. The first-order valence-corrected chi connectivity index (χ1v) is 11.8. The second kappa shape index (κ2) is 9.96. The standard InChI is InChI=1S/C29H29N3O2/c1-34-26-14-12-25(13-15-26)32-28(21-27(30-32)24-10-6-3-7-11-24)29(33)31-18-16-23(17-19-31)20-22-8-4-2-5-9-22/h2-15,21,23H,16-20H2,1H3. The monoisotopic (exact) mass is 451 g/mol. The van der Waals surface area contributed by atoms with Crippen LogP contribution < -0.4 is 4.74 Å². The lowest BCUT2D eigenvalue weighted by Gasteiger charge is -2.32. The van der Waals surface area contributed by atoms with Gasteiger partial charge in [-0.3, -0.25) is 4.79 Å². The van der Waals surface area contributed by atoms with Crippen LogP contribution in [0.25, 0.3) is 16.9 Å². The number of nitrogens with zero attached hydrogens (tertiary/aromatic N) is 3. The van der Waals surface area contributed by atoms with E-state index in [0.717, 1.165) is 55.0 Å². The van der Waals surface area contributed by atoms with Crippen molar-refractivity contribution in [3.8, 4) is 22.7 Å². The van der Waals surface area contributed by atoms with E-state index in [1.54, 1.807) is 11.8 Å². The second-order valence-corrected chi connectivity index (χ2v) is 8.82. The number of benzene rings is 3. The van der Waals surface area contributed by atoms with Gasteiger partial charge in [-0.1, -0.05) is 60.7 Å². The predicted molar refractivity (Wildman–Crippen MR) is 134 cm³/mol. The highest BCUT2D eigenvalue weighted by molar-refractivity contribution is 5.94. The molecule has 34 heavy (non-hydrogen) atoms. The van der Waals surface area contributed by atoms with E-state index in [1.165, 1.54) is 5.56 Å². The second-order valence-electron chi connectivity index (χ2n) is 8.82. The van der Waals surface area contributed by atoms with Crippen molar-refractivity contribution < 1.29 is 9.53 Å². The van der Waals surface area contributed by atoms with Gasteiger partial charge >= 0.3 is 0 Å². The summed E-state index contributed by atoms with van der Waals surface area (Å²) in [7, 11) is 1.65. The third kappa shape index (κ3) is 4.74. The number of piperidine rings is 1. The van der Waals surface area contributed by atoms with Crippen molar-refractivity contribution in [3.63, 3.8) is 0 Å². The SMILES string of the molecule is COc1ccc(-n2nc(-c3ccccc3)cc2C(=O)N2CCC(Cc3ccccc3)CC2)cc1. The number of carbonyl (C=O) groups excluding carboxylic acids is 1. The molecule has 0 saturated carbocycles. The lowest BCUT2D eigenvalue weighted by molar-refractivity contribution is 0.0681. The topological polar surface area (TPSA) is 47.4 Å². The molecule has 0 radical (unpaired) electrons. The summed E-state index contributed by atoms with van der Waals surface area (Å²) in [6, 6.07) is 30.2. The number of amides is 1. The Labute approximate surface area is 200 Å². The third-order valence-corrected chi connectivity index (χ3v) is 6.58. The molecule has 4 aromatic rings. The van der Waals surface area contributed by atoms with Crippen molar-refractivity contribution >= 4 is 5.91 Å². The molecule has 1 amide bonds. The average Bonchev–Trinajstić information content (AvgIpc) is 3.35. The van der Waals surface area contributed by atoms with E-state index in [0.29, 0.717) is 11.6 Å². The highest BCUT2D eigenvalue weighted by atomic mass is 16.5. The van der Waals surface area contributed by atoms with Crippen molar-refractivity contribution in [1.29, 1.82) is 0 Å². The van der Waals surface area contributed by atoms with Crippen LogP contribution in [0.1, 0.15) is 28.9 Å². The van der Waals surface area contributed by atoms with Gasteiger partial charge in [0, 0.05) is 18.7 Å². The molecule has 5 rings (SSSR count). The van der Waals surface area contributed by atoms with Crippen LogP contribution in [0.15, 0.2) is 91.0 Å². The van der Waals surface area contributed by atoms with Gasteiger partial charge in [0.1, 0.15) is 11.4 Å². The molecule has 1 aliphatic heterocycles. The van der Waals surface area contributed by atoms with Crippen molar-refractivity contribution in [1.82, 2.24) is 14.7 Å². The minimum atomic E-state index is 0.0312. The van der Waals surface area contributed by atoms with Crippen LogP contribution in [0, 0.1) is 5.92 Å². The molecule has 3 aromatic carbocycles. The summed E-state index contributed by atoms with van der Waals surface area (Å²) in [5.41, 5.74) is 4.58. The molecule has 0 aliphatic carbocycles. The van der Waals surface area contributed by atoms with Gasteiger partial charge in [0.25, 0.3) is 5.91 Å². The van der Waals surface area contributed by atoms with Crippen molar-refractivity contribution in [3.05, 3.63) is 102 Å². The van der Waals surface area contributed by atoms with Gasteiger partial charge in [-0.05, 0) is 61.1 Å². The summed E-state index contributed by atoms with van der Waals surface area (Å²) < 4.78 is 7.06. The van der Waals surface area contributed by atoms with Crippen LogP contribution in [0.4, 0.5) is 0 Å². The molecule has 1 fully saturated rings. The number of carbonyl (C=O) groups is 1. The van der Waals surface area contributed by atoms with Gasteiger partial charge in [0.15, 0.2) is 0 Å². The number of likely N-dealkylation sites (tertiary alicyclic amines) is 1. The van der Waals surface area contributed by atoms with E-state index in [1.807, 2.05) is 65.6 Å². The van der Waals surface area contributed by atoms with Gasteiger partial charge in [0.2, 0.25) is 0 Å². The van der Waals surface area contributed by atoms with Crippen molar-refractivity contribution in [2.45, 2.75) is 19.3 Å². The van der Waals surface area contributed by atoms with E-state index in [-0.39, 0.29) is 5.91 Å². The lowest BCUT2D eigenvalue weighted by atomic mass is 9.90. The maximum Gasteiger partial charge on any atom is 0.272 e. The number of ether oxygens (including phenoxy) is 1. The molecule has 5 nitrogen and oxygen atoms in total. The fraction of sp³-hybridized carbons (Fsp3) is 0.241. The largest absolute Gasteiger partial charge is 0.497 e. The van der Waals surface area contributed by atoms with Crippen molar-refractivity contribution in [2.75, 3.05) is 20.2 Å². The van der Waals surface area contributed by atoms with Crippen LogP contribution >= 0.6 is 0 Å². The van der Waals surface area contributed by atoms with Crippen LogP contribution in [0.5, 0.6) is 5.75 Å². The minimum absolute atomic E-state index is 0.0312. The molecule has 2 heterocycles. The fourth-order valence-electron chi connectivity index (χ4n) is 4.65. The zero-order valence-corrected chi connectivity index (χ0v) is 19.4. The van der Waals surface area contributed by atoms with E-state index in [9.17, 15) is 4.79 Å². The number of rotatable bonds is 6. The molecule has 0 unspecified atom stereocenters. The first-order chi connectivity index (χ1) is 16.7. The van der Waals surface area contributed by atoms with Crippen molar-refractivity contribution in [2.24, 2.45) is 5.92 Å². The molecule has 5 heteroatoms. The Hall–Kier alpha value is -3.86. The zero-order valence-electron chi connectivity index (χ0n) is 19.4. The fourth-order valence-corrected chi connectivity index (χ4v) is 4.65. The Morgan fingerprint density at radius 3 is 2.21 bits per heavy atom. The average molecular weight is 452 g/mol. The van der Waals surface area contributed by atoms with Gasteiger partial charge in [-0.25, -0.2) is 4.68 Å². The molecular formula is C29H29N3O2. The quantitative estimate of drug-likeness (QED) is 0.381. The maximum atomic E-state index is 13.7. The van der Waals surface area contributed by atoms with Gasteiger partial charge in [-0.2, -0.15) is 5.10 Å². The molecule has 0 bridgehead atoms. The van der Waals surface area contributed by atoms with Crippen LogP contribution in [0.3, 0.4) is 0 Å². The highest BCUT2D eigenvalue weighted by Crippen LogP contribution is 2.27. The first-order valence-electron chi connectivity index (χ1n) is 11.8. The normalized spacial score (nSPS) is 14.2. The maximum absolute atomic E-state index is 13.7. The van der Waals surface area contributed by atoms with Gasteiger partial charge in [-0.15, -0.1) is 0 Å². The highest BCUT2D eigenvalue weighted by Gasteiger charge is 2.27. The molecule has 1 aliphatic rings. The molecule has 0 N–H and O–H groups in total. The van der Waals surface area contributed by atoms with Crippen LogP contribution in [-0.4, -0.2) is 40.8 Å². The molecule has 0 atom stereocenters. The Morgan fingerprint density at radius 1 is 0.912 bits per heavy atom. The van der Waals surface area contributed by atoms with E-state index < -0.39 is 0 Å². The summed E-state index contributed by atoms with van der Waals surface area (Å²) >= 11 is 0. The predicted octanol–water partition coefficient (Wildman–Crippen LogP) is 5.64. The zero-order chi connectivity index (χ0) is 23.3. The minimum Gasteiger partial charge on any atom is -0.497 e. The Balaban J connectivity index is 1.38. The summed E-state index contributed by atoms with van der Waals surface area (Å²) in [6.07, 6.45) is 3.11. The van der Waals surface area contributed by atoms with Crippen LogP contribution in [0.2, 0.25) is 0 Å². The van der Waals surface area contributed by atoms with Gasteiger partial charge in [0.05, 0.1) is 18.5 Å². The Morgan fingerprint density at radius 2 is 1.56 bits per heavy atom. The molecular weight excluding hydrogens is 422 g/mol. The summed E-state index contributed by atoms with van der Waals surface area (Å²) in [4.78, 5) is 15.6. The van der Waals surface area contributed by atoms with E-state index >= 15 is 0 Å². The summed E-state index contributed by atoms with van der Waals surface area (Å²) in [5.74, 6) is 1.41. The summed E-state index contributed by atoms with van der Waals surface area (Å²) in [5, 5.41) is 4.82. The van der Waals surface area contributed by atoms with Crippen LogP contribution in [-0.2, 0) is 6.42 Å². The van der Waals surface area contributed by atoms with Gasteiger partial charge < -0.3 is 9.64 Å². The third-order valence-electron chi connectivity index (χ3n) is 6.58. The number of aromatic nitrogens is 2. The molecule has 0 spiro atoms. The van der Waals surface area contributed by atoms with E-state index in [2.05, 4.69) is 30.3 Å². The number of hydrogen-bond donors (Lipinski definition) is 0. The van der Waals surface area contributed by atoms with E-state index in [4.69, 9.17) is 9.84 Å². The number of methoxy groups -OCH3 is 1. The lowest BCUT2D eigenvalue weighted by Crippen LogP contribution is -2.39. The Kier molecular flexibility index (Phi) is 6.43.